The lowest BCUT2D eigenvalue weighted by Gasteiger charge is -2.20. The van der Waals surface area contributed by atoms with E-state index in [1.165, 1.54) is 0 Å². The molecular formula is C13H23N3O. The van der Waals surface area contributed by atoms with Crippen molar-refractivity contribution in [1.29, 1.82) is 0 Å². The van der Waals surface area contributed by atoms with Crippen molar-refractivity contribution in [2.24, 2.45) is 0 Å². The Labute approximate surface area is 104 Å². The zero-order valence-corrected chi connectivity index (χ0v) is 11.2. The Bertz CT molecular complexity index is 334. The summed E-state index contributed by atoms with van der Waals surface area (Å²) in [6, 6.07) is 1.98. The van der Waals surface area contributed by atoms with E-state index in [0.717, 1.165) is 30.9 Å². The third kappa shape index (κ3) is 5.65. The van der Waals surface area contributed by atoms with Crippen LogP contribution in [0, 0.1) is 0 Å². The maximum absolute atomic E-state index is 5.24. The number of nitrogens with one attached hydrogen (secondary N) is 2. The van der Waals surface area contributed by atoms with Crippen LogP contribution < -0.4 is 15.4 Å². The van der Waals surface area contributed by atoms with Gasteiger partial charge in [-0.2, -0.15) is 0 Å². The largest absolute Gasteiger partial charge is 0.495 e. The number of rotatable bonds is 6. The Balaban J connectivity index is 2.27. The number of hydrogen-bond donors (Lipinski definition) is 2. The lowest BCUT2D eigenvalue weighted by atomic mass is 10.1. The average molecular weight is 237 g/mol. The Kier molecular flexibility index (Phi) is 5.38. The van der Waals surface area contributed by atoms with E-state index in [1.807, 2.05) is 6.07 Å². The summed E-state index contributed by atoms with van der Waals surface area (Å²) >= 11 is 0. The molecule has 0 aromatic carbocycles. The van der Waals surface area contributed by atoms with Crippen molar-refractivity contribution >= 4 is 0 Å². The van der Waals surface area contributed by atoms with E-state index in [9.17, 15) is 0 Å². The molecule has 1 heterocycles. The van der Waals surface area contributed by atoms with Gasteiger partial charge in [-0.05, 0) is 26.8 Å². The predicted octanol–water partition coefficient (Wildman–Crippen LogP) is 1.57. The van der Waals surface area contributed by atoms with Gasteiger partial charge in [-0.1, -0.05) is 0 Å². The Hall–Kier alpha value is -1.13. The van der Waals surface area contributed by atoms with Gasteiger partial charge in [0.05, 0.1) is 13.3 Å². The van der Waals surface area contributed by atoms with Gasteiger partial charge in [0, 0.05) is 36.9 Å². The van der Waals surface area contributed by atoms with E-state index in [2.05, 4.69) is 36.4 Å². The van der Waals surface area contributed by atoms with Gasteiger partial charge < -0.3 is 15.4 Å². The molecule has 0 fully saturated rings. The monoisotopic (exact) mass is 237 g/mol. The topological polar surface area (TPSA) is 46.2 Å². The molecule has 0 bridgehead atoms. The second-order valence-corrected chi connectivity index (χ2v) is 5.04. The number of hydrogen-bond acceptors (Lipinski definition) is 4. The number of pyridine rings is 1. The Morgan fingerprint density at radius 1 is 1.29 bits per heavy atom. The molecule has 0 aliphatic carbocycles. The van der Waals surface area contributed by atoms with Crippen LogP contribution >= 0.6 is 0 Å². The summed E-state index contributed by atoms with van der Waals surface area (Å²) in [7, 11) is 1.67. The van der Waals surface area contributed by atoms with Crippen LogP contribution in [-0.4, -0.2) is 30.7 Å². The minimum Gasteiger partial charge on any atom is -0.495 e. The van der Waals surface area contributed by atoms with Crippen LogP contribution in [0.5, 0.6) is 5.75 Å². The van der Waals surface area contributed by atoms with Gasteiger partial charge in [0.2, 0.25) is 0 Å². The molecule has 0 aliphatic rings. The van der Waals surface area contributed by atoms with E-state index in [-0.39, 0.29) is 5.54 Å². The number of ether oxygens (including phenoxy) is 1. The molecular weight excluding hydrogens is 214 g/mol. The molecule has 0 saturated carbocycles. The summed E-state index contributed by atoms with van der Waals surface area (Å²) in [4.78, 5) is 4.03. The maximum Gasteiger partial charge on any atom is 0.141 e. The van der Waals surface area contributed by atoms with Crippen molar-refractivity contribution < 1.29 is 4.74 Å². The third-order valence-electron chi connectivity index (χ3n) is 2.36. The minimum absolute atomic E-state index is 0.177. The standard InChI is InChI=1S/C13H23N3O/c1-13(2,3)16-8-7-15-9-11-5-6-14-10-12(11)17-4/h5-6,10,15-16H,7-9H2,1-4H3. The normalized spacial score (nSPS) is 11.5. The van der Waals surface area contributed by atoms with Crippen molar-refractivity contribution in [3.63, 3.8) is 0 Å². The van der Waals surface area contributed by atoms with Gasteiger partial charge in [0.15, 0.2) is 0 Å². The molecule has 0 radical (unpaired) electrons. The van der Waals surface area contributed by atoms with Crippen molar-refractivity contribution in [1.82, 2.24) is 15.6 Å². The Morgan fingerprint density at radius 3 is 2.71 bits per heavy atom. The van der Waals surface area contributed by atoms with Crippen LogP contribution in [0.25, 0.3) is 0 Å². The fourth-order valence-electron chi connectivity index (χ4n) is 1.49. The highest BCUT2D eigenvalue weighted by molar-refractivity contribution is 5.29. The molecule has 0 amide bonds. The highest BCUT2D eigenvalue weighted by atomic mass is 16.5. The van der Waals surface area contributed by atoms with Gasteiger partial charge in [-0.3, -0.25) is 4.98 Å². The number of aromatic nitrogens is 1. The highest BCUT2D eigenvalue weighted by Gasteiger charge is 2.07. The first-order valence-electron chi connectivity index (χ1n) is 5.95. The first kappa shape index (κ1) is 13.9. The second kappa shape index (κ2) is 6.57. The van der Waals surface area contributed by atoms with Gasteiger partial charge in [-0.15, -0.1) is 0 Å². The van der Waals surface area contributed by atoms with Crippen LogP contribution in [0.4, 0.5) is 0 Å². The maximum atomic E-state index is 5.24. The van der Waals surface area contributed by atoms with E-state index in [4.69, 9.17) is 4.74 Å². The molecule has 17 heavy (non-hydrogen) atoms. The molecule has 1 aromatic rings. The first-order valence-corrected chi connectivity index (χ1v) is 5.95. The fourth-order valence-corrected chi connectivity index (χ4v) is 1.49. The van der Waals surface area contributed by atoms with Crippen LogP contribution in [0.15, 0.2) is 18.5 Å². The number of methoxy groups -OCH3 is 1. The molecule has 2 N–H and O–H groups in total. The van der Waals surface area contributed by atoms with E-state index >= 15 is 0 Å². The summed E-state index contributed by atoms with van der Waals surface area (Å²) in [5.41, 5.74) is 1.31. The summed E-state index contributed by atoms with van der Waals surface area (Å²) in [6.45, 7) is 9.19. The van der Waals surface area contributed by atoms with E-state index < -0.39 is 0 Å². The smallest absolute Gasteiger partial charge is 0.141 e. The summed E-state index contributed by atoms with van der Waals surface area (Å²) in [5, 5.41) is 6.81. The van der Waals surface area contributed by atoms with Crippen LogP contribution in [0.1, 0.15) is 26.3 Å². The lowest BCUT2D eigenvalue weighted by Crippen LogP contribution is -2.40. The quantitative estimate of drug-likeness (QED) is 0.737. The molecule has 4 heteroatoms. The zero-order chi connectivity index (χ0) is 12.7. The van der Waals surface area contributed by atoms with Gasteiger partial charge >= 0.3 is 0 Å². The molecule has 0 saturated heterocycles. The minimum atomic E-state index is 0.177. The van der Waals surface area contributed by atoms with E-state index in [1.54, 1.807) is 19.5 Å². The fraction of sp³-hybridized carbons (Fsp3) is 0.615. The molecule has 0 unspecified atom stereocenters. The highest BCUT2D eigenvalue weighted by Crippen LogP contribution is 2.14. The van der Waals surface area contributed by atoms with Crippen LogP contribution in [0.2, 0.25) is 0 Å². The number of nitrogens with zero attached hydrogens (tertiary/aromatic N) is 1. The molecule has 0 atom stereocenters. The molecule has 4 nitrogen and oxygen atoms in total. The summed E-state index contributed by atoms with van der Waals surface area (Å²) in [5.74, 6) is 0.837. The Morgan fingerprint density at radius 2 is 2.06 bits per heavy atom. The van der Waals surface area contributed by atoms with Gasteiger partial charge in [-0.25, -0.2) is 0 Å². The molecule has 1 rings (SSSR count). The molecule has 1 aromatic heterocycles. The summed E-state index contributed by atoms with van der Waals surface area (Å²) in [6.07, 6.45) is 3.53. The lowest BCUT2D eigenvalue weighted by molar-refractivity contribution is 0.402. The molecule has 0 aliphatic heterocycles. The first-order chi connectivity index (χ1) is 8.03. The van der Waals surface area contributed by atoms with Crippen molar-refractivity contribution in [2.75, 3.05) is 20.2 Å². The van der Waals surface area contributed by atoms with Crippen LogP contribution in [0.3, 0.4) is 0 Å². The average Bonchev–Trinajstić information content (AvgIpc) is 2.27. The molecule has 96 valence electrons. The zero-order valence-electron chi connectivity index (χ0n) is 11.2. The van der Waals surface area contributed by atoms with Gasteiger partial charge in [0.1, 0.15) is 5.75 Å². The van der Waals surface area contributed by atoms with Crippen molar-refractivity contribution in [3.05, 3.63) is 24.0 Å². The third-order valence-corrected chi connectivity index (χ3v) is 2.36. The second-order valence-electron chi connectivity index (χ2n) is 5.04. The van der Waals surface area contributed by atoms with Gasteiger partial charge in [0.25, 0.3) is 0 Å². The van der Waals surface area contributed by atoms with Crippen LogP contribution in [-0.2, 0) is 6.54 Å². The predicted molar refractivity (Wildman–Crippen MR) is 70.3 cm³/mol. The van der Waals surface area contributed by atoms with E-state index in [0.29, 0.717) is 0 Å². The summed E-state index contributed by atoms with van der Waals surface area (Å²) < 4.78 is 5.24. The van der Waals surface area contributed by atoms with Crippen molar-refractivity contribution in [3.8, 4) is 5.75 Å². The SMILES string of the molecule is COc1cnccc1CNCCNC(C)(C)C. The van der Waals surface area contributed by atoms with Crippen molar-refractivity contribution in [2.45, 2.75) is 32.9 Å². The molecule has 0 spiro atoms.